The predicted molar refractivity (Wildman–Crippen MR) is 126 cm³/mol. The Kier molecular flexibility index (Phi) is 4.57. The van der Waals surface area contributed by atoms with E-state index in [4.69, 9.17) is 20.4 Å². The van der Waals surface area contributed by atoms with Gasteiger partial charge in [0.25, 0.3) is 0 Å². The standard InChI is InChI=1S/C25H26N6O/c1-16-28-22-4-3-21(17-6-10-27-24(26)15-17)29-25(22)31(16)20-2-5-23-18(14-20)7-11-30(23)19-8-12-32-13-9-19/h2-6,10,14-15,19H,7-9,11-13H2,1H3,(H2,26,27). The average Bonchev–Trinajstić information content (AvgIpc) is 3.38. The summed E-state index contributed by atoms with van der Waals surface area (Å²) in [6.45, 7) is 4.85. The molecule has 0 radical (unpaired) electrons. The zero-order valence-electron chi connectivity index (χ0n) is 18.2. The maximum Gasteiger partial charge on any atom is 0.165 e. The monoisotopic (exact) mass is 426 g/mol. The number of imidazole rings is 1. The summed E-state index contributed by atoms with van der Waals surface area (Å²) in [6.07, 6.45) is 5.00. The Hall–Kier alpha value is -3.45. The molecule has 7 nitrogen and oxygen atoms in total. The predicted octanol–water partition coefficient (Wildman–Crippen LogP) is 3.91. The van der Waals surface area contributed by atoms with Crippen LogP contribution in [0.4, 0.5) is 11.5 Å². The molecule has 0 unspecified atom stereocenters. The number of hydrogen-bond donors (Lipinski definition) is 1. The summed E-state index contributed by atoms with van der Waals surface area (Å²) in [6, 6.07) is 15.2. The van der Waals surface area contributed by atoms with Gasteiger partial charge in [-0.05, 0) is 74.2 Å². The minimum absolute atomic E-state index is 0.488. The smallest absolute Gasteiger partial charge is 0.165 e. The fourth-order valence-corrected chi connectivity index (χ4v) is 5.08. The van der Waals surface area contributed by atoms with E-state index in [2.05, 4.69) is 32.7 Å². The number of fused-ring (bicyclic) bond motifs is 2. The van der Waals surface area contributed by atoms with E-state index in [9.17, 15) is 0 Å². The molecule has 3 aromatic heterocycles. The van der Waals surface area contributed by atoms with Gasteiger partial charge in [0.05, 0.1) is 5.69 Å². The lowest BCUT2D eigenvalue weighted by Crippen LogP contribution is -2.38. The van der Waals surface area contributed by atoms with Crippen LogP contribution in [0.5, 0.6) is 0 Å². The van der Waals surface area contributed by atoms with E-state index in [1.165, 1.54) is 11.3 Å². The van der Waals surface area contributed by atoms with Crippen molar-refractivity contribution in [3.8, 4) is 16.9 Å². The molecule has 5 heterocycles. The zero-order chi connectivity index (χ0) is 21.7. The van der Waals surface area contributed by atoms with Gasteiger partial charge in [0, 0.05) is 48.9 Å². The molecule has 4 aromatic rings. The zero-order valence-corrected chi connectivity index (χ0v) is 18.2. The van der Waals surface area contributed by atoms with Crippen molar-refractivity contribution in [1.29, 1.82) is 0 Å². The van der Waals surface area contributed by atoms with Crippen molar-refractivity contribution in [3.05, 3.63) is 60.0 Å². The van der Waals surface area contributed by atoms with Crippen LogP contribution in [0.1, 0.15) is 24.2 Å². The van der Waals surface area contributed by atoms with E-state index in [-0.39, 0.29) is 0 Å². The molecule has 1 saturated heterocycles. The molecular weight excluding hydrogens is 400 g/mol. The van der Waals surface area contributed by atoms with Gasteiger partial charge in [0.15, 0.2) is 5.65 Å². The van der Waals surface area contributed by atoms with Gasteiger partial charge in [-0.1, -0.05) is 0 Å². The number of hydrogen-bond acceptors (Lipinski definition) is 6. The summed E-state index contributed by atoms with van der Waals surface area (Å²) < 4.78 is 7.72. The van der Waals surface area contributed by atoms with Gasteiger partial charge < -0.3 is 15.4 Å². The van der Waals surface area contributed by atoms with E-state index in [0.717, 1.165) is 73.0 Å². The highest BCUT2D eigenvalue weighted by Gasteiger charge is 2.28. The summed E-state index contributed by atoms with van der Waals surface area (Å²) in [7, 11) is 0. The number of ether oxygens (including phenoxy) is 1. The van der Waals surface area contributed by atoms with E-state index < -0.39 is 0 Å². The SMILES string of the molecule is Cc1nc2ccc(-c3ccnc(N)c3)nc2n1-c1ccc2c(c1)CCN2C1CCOCC1. The highest BCUT2D eigenvalue weighted by molar-refractivity contribution is 5.79. The first-order chi connectivity index (χ1) is 15.7. The highest BCUT2D eigenvalue weighted by Crippen LogP contribution is 2.35. The molecule has 7 heteroatoms. The van der Waals surface area contributed by atoms with Gasteiger partial charge in [-0.25, -0.2) is 15.0 Å². The molecule has 32 heavy (non-hydrogen) atoms. The minimum atomic E-state index is 0.488. The molecule has 2 aliphatic rings. The molecule has 1 fully saturated rings. The number of nitrogens with zero attached hydrogens (tertiary/aromatic N) is 5. The van der Waals surface area contributed by atoms with Gasteiger partial charge >= 0.3 is 0 Å². The average molecular weight is 427 g/mol. The Balaban J connectivity index is 1.40. The van der Waals surface area contributed by atoms with Gasteiger partial charge in [-0.3, -0.25) is 4.57 Å². The van der Waals surface area contributed by atoms with Crippen LogP contribution < -0.4 is 10.6 Å². The van der Waals surface area contributed by atoms with Crippen LogP contribution in [-0.2, 0) is 11.2 Å². The van der Waals surface area contributed by atoms with Crippen LogP contribution >= 0.6 is 0 Å². The van der Waals surface area contributed by atoms with Crippen molar-refractivity contribution in [2.75, 3.05) is 30.4 Å². The second-order valence-electron chi connectivity index (χ2n) is 8.60. The van der Waals surface area contributed by atoms with Crippen molar-refractivity contribution in [2.24, 2.45) is 0 Å². The lowest BCUT2D eigenvalue weighted by atomic mass is 10.1. The van der Waals surface area contributed by atoms with Crippen molar-refractivity contribution < 1.29 is 4.74 Å². The summed E-state index contributed by atoms with van der Waals surface area (Å²) in [5.41, 5.74) is 13.3. The second-order valence-corrected chi connectivity index (χ2v) is 8.60. The van der Waals surface area contributed by atoms with Crippen LogP contribution in [-0.4, -0.2) is 45.3 Å². The number of anilines is 2. The Morgan fingerprint density at radius 2 is 1.91 bits per heavy atom. The number of nitrogens with two attached hydrogens (primary N) is 1. The summed E-state index contributed by atoms with van der Waals surface area (Å²) >= 11 is 0. The van der Waals surface area contributed by atoms with Crippen LogP contribution in [0.3, 0.4) is 0 Å². The molecule has 2 N–H and O–H groups in total. The first kappa shape index (κ1) is 19.3. The first-order valence-electron chi connectivity index (χ1n) is 11.2. The van der Waals surface area contributed by atoms with Gasteiger partial charge in [0.1, 0.15) is 17.2 Å². The number of aryl methyl sites for hydroxylation is 1. The number of rotatable bonds is 3. The van der Waals surface area contributed by atoms with Gasteiger partial charge in [-0.2, -0.15) is 0 Å². The number of nitrogen functional groups attached to an aromatic ring is 1. The highest BCUT2D eigenvalue weighted by atomic mass is 16.5. The van der Waals surface area contributed by atoms with Crippen molar-refractivity contribution in [2.45, 2.75) is 32.2 Å². The molecule has 0 amide bonds. The van der Waals surface area contributed by atoms with Crippen LogP contribution in [0, 0.1) is 6.92 Å². The van der Waals surface area contributed by atoms with Gasteiger partial charge in [0.2, 0.25) is 0 Å². The Morgan fingerprint density at radius 1 is 1.03 bits per heavy atom. The topological polar surface area (TPSA) is 82.1 Å². The fourth-order valence-electron chi connectivity index (χ4n) is 5.08. The van der Waals surface area contributed by atoms with Crippen LogP contribution in [0.2, 0.25) is 0 Å². The number of benzene rings is 1. The molecule has 162 valence electrons. The summed E-state index contributed by atoms with van der Waals surface area (Å²) in [5, 5.41) is 0. The Bertz CT molecular complexity index is 1310. The van der Waals surface area contributed by atoms with Crippen LogP contribution in [0.25, 0.3) is 28.1 Å². The molecule has 6 rings (SSSR count). The molecule has 1 aromatic carbocycles. The molecule has 0 saturated carbocycles. The van der Waals surface area contributed by atoms with Crippen molar-refractivity contribution in [3.63, 3.8) is 0 Å². The molecule has 0 spiro atoms. The lowest BCUT2D eigenvalue weighted by molar-refractivity contribution is 0.0848. The quantitative estimate of drug-likeness (QED) is 0.535. The van der Waals surface area contributed by atoms with Gasteiger partial charge in [-0.15, -0.1) is 0 Å². The molecule has 0 aliphatic carbocycles. The number of aromatic nitrogens is 4. The molecule has 0 atom stereocenters. The van der Waals surface area contributed by atoms with E-state index >= 15 is 0 Å². The molecule has 0 bridgehead atoms. The third-order valence-electron chi connectivity index (χ3n) is 6.63. The van der Waals surface area contributed by atoms with E-state index in [1.54, 1.807) is 6.20 Å². The van der Waals surface area contributed by atoms with Crippen molar-refractivity contribution >= 4 is 22.7 Å². The lowest BCUT2D eigenvalue weighted by Gasteiger charge is -2.33. The van der Waals surface area contributed by atoms with Crippen molar-refractivity contribution in [1.82, 2.24) is 19.5 Å². The maximum absolute atomic E-state index is 5.88. The Labute approximate surface area is 186 Å². The number of pyridine rings is 2. The maximum atomic E-state index is 5.88. The second kappa shape index (κ2) is 7.60. The summed E-state index contributed by atoms with van der Waals surface area (Å²) in [5.74, 6) is 1.42. The third kappa shape index (κ3) is 3.20. The Morgan fingerprint density at radius 3 is 2.75 bits per heavy atom. The van der Waals surface area contributed by atoms with Crippen LogP contribution in [0.15, 0.2) is 48.7 Å². The van der Waals surface area contributed by atoms with E-state index in [0.29, 0.717) is 11.9 Å². The normalized spacial score (nSPS) is 16.6. The summed E-state index contributed by atoms with van der Waals surface area (Å²) in [4.78, 5) is 16.4. The third-order valence-corrected chi connectivity index (χ3v) is 6.63. The largest absolute Gasteiger partial charge is 0.384 e. The fraction of sp³-hybridized carbons (Fsp3) is 0.320. The first-order valence-corrected chi connectivity index (χ1v) is 11.2. The molecule has 2 aliphatic heterocycles. The minimum Gasteiger partial charge on any atom is -0.384 e. The van der Waals surface area contributed by atoms with E-state index in [1.807, 2.05) is 31.2 Å². The molecular formula is C25H26N6O.